The summed E-state index contributed by atoms with van der Waals surface area (Å²) in [6.07, 6.45) is 2.71. The topological polar surface area (TPSA) is 67.2 Å². The molecule has 4 N–H and O–H groups in total. The average molecular weight is 159 g/mol. The first-order valence-corrected chi connectivity index (χ1v) is 3.99. The first kappa shape index (κ1) is 10.4. The molecule has 1 amide bonds. The van der Waals surface area contributed by atoms with E-state index in [-0.39, 0.29) is 0 Å². The molecule has 0 heterocycles. The summed E-state index contributed by atoms with van der Waals surface area (Å²) in [6, 6.07) is 0. The maximum Gasteiger partial charge on any atom is 0.207 e. The maximum atomic E-state index is 9.79. The summed E-state index contributed by atoms with van der Waals surface area (Å²) in [5.41, 5.74) is 5.29. The van der Waals surface area contributed by atoms with Gasteiger partial charge in [-0.25, -0.2) is 0 Å². The number of carbonyl (C=O) groups is 1. The van der Waals surface area contributed by atoms with Crippen molar-refractivity contribution in [2.45, 2.75) is 12.8 Å². The Balaban J connectivity index is 2.74. The third kappa shape index (κ3) is 9.39. The lowest BCUT2D eigenvalue weighted by Crippen LogP contribution is -2.23. The minimum Gasteiger partial charge on any atom is -0.359 e. The highest BCUT2D eigenvalue weighted by Gasteiger charge is 1.86. The molecule has 0 aliphatic rings. The van der Waals surface area contributed by atoms with Crippen LogP contribution in [0.4, 0.5) is 0 Å². The van der Waals surface area contributed by atoms with E-state index in [1.807, 2.05) is 0 Å². The Labute approximate surface area is 67.5 Å². The summed E-state index contributed by atoms with van der Waals surface area (Å²) in [5.74, 6) is 0. The molecule has 0 radical (unpaired) electrons. The van der Waals surface area contributed by atoms with Gasteiger partial charge in [-0.3, -0.25) is 4.79 Å². The van der Waals surface area contributed by atoms with Gasteiger partial charge in [-0.15, -0.1) is 0 Å². The number of hydrogen-bond acceptors (Lipinski definition) is 3. The van der Waals surface area contributed by atoms with E-state index in [4.69, 9.17) is 5.73 Å². The molecular formula is C7H17N3O. The van der Waals surface area contributed by atoms with Crippen LogP contribution in [0.1, 0.15) is 12.8 Å². The van der Waals surface area contributed by atoms with Gasteiger partial charge in [0.2, 0.25) is 6.41 Å². The van der Waals surface area contributed by atoms with Crippen LogP contribution in [0, 0.1) is 0 Å². The zero-order chi connectivity index (χ0) is 8.36. The second kappa shape index (κ2) is 9.39. The molecule has 0 bridgehead atoms. The Kier molecular flexibility index (Phi) is 8.87. The normalized spacial score (nSPS) is 9.55. The monoisotopic (exact) mass is 159 g/mol. The van der Waals surface area contributed by atoms with E-state index in [2.05, 4.69) is 10.6 Å². The molecule has 0 saturated heterocycles. The van der Waals surface area contributed by atoms with Crippen LogP contribution < -0.4 is 16.4 Å². The molecule has 0 aliphatic carbocycles. The van der Waals surface area contributed by atoms with Crippen molar-refractivity contribution >= 4 is 6.41 Å². The van der Waals surface area contributed by atoms with E-state index < -0.39 is 0 Å². The molecule has 66 valence electrons. The lowest BCUT2D eigenvalue weighted by molar-refractivity contribution is -0.109. The Hall–Kier alpha value is -0.610. The van der Waals surface area contributed by atoms with Crippen molar-refractivity contribution in [1.29, 1.82) is 0 Å². The first-order chi connectivity index (χ1) is 5.41. The van der Waals surface area contributed by atoms with Crippen LogP contribution in [0.25, 0.3) is 0 Å². The van der Waals surface area contributed by atoms with Gasteiger partial charge in [0.1, 0.15) is 0 Å². The number of carbonyl (C=O) groups excluding carboxylic acids is 1. The first-order valence-electron chi connectivity index (χ1n) is 3.99. The quantitative estimate of drug-likeness (QED) is 0.316. The highest BCUT2D eigenvalue weighted by molar-refractivity contribution is 5.45. The third-order valence-corrected chi connectivity index (χ3v) is 1.32. The number of rotatable bonds is 8. The van der Waals surface area contributed by atoms with E-state index in [0.29, 0.717) is 0 Å². The van der Waals surface area contributed by atoms with Crippen LogP contribution in [0.5, 0.6) is 0 Å². The molecule has 0 saturated carbocycles. The standard InChI is InChI=1S/C7H17N3O/c8-3-1-4-9-5-2-6-10-7-11/h7,9H,1-6,8H2,(H,10,11). The molecule has 0 aromatic carbocycles. The summed E-state index contributed by atoms with van der Waals surface area (Å²) < 4.78 is 0. The van der Waals surface area contributed by atoms with Gasteiger partial charge >= 0.3 is 0 Å². The van der Waals surface area contributed by atoms with Gasteiger partial charge in [-0.05, 0) is 32.5 Å². The van der Waals surface area contributed by atoms with Gasteiger partial charge in [0.25, 0.3) is 0 Å². The molecule has 0 spiro atoms. The van der Waals surface area contributed by atoms with Crippen LogP contribution in [-0.4, -0.2) is 32.6 Å². The van der Waals surface area contributed by atoms with Crippen molar-refractivity contribution in [2.75, 3.05) is 26.2 Å². The zero-order valence-corrected chi connectivity index (χ0v) is 6.81. The van der Waals surface area contributed by atoms with Crippen molar-refractivity contribution in [1.82, 2.24) is 10.6 Å². The molecule has 0 atom stereocenters. The number of amides is 1. The molecular weight excluding hydrogens is 142 g/mol. The van der Waals surface area contributed by atoms with Gasteiger partial charge in [-0.1, -0.05) is 0 Å². The number of nitrogens with two attached hydrogens (primary N) is 1. The Morgan fingerprint density at radius 2 is 1.91 bits per heavy atom. The summed E-state index contributed by atoms with van der Waals surface area (Å²) in [7, 11) is 0. The fourth-order valence-electron chi connectivity index (χ4n) is 0.726. The maximum absolute atomic E-state index is 9.79. The Morgan fingerprint density at radius 3 is 2.55 bits per heavy atom. The van der Waals surface area contributed by atoms with Crippen LogP contribution in [0.3, 0.4) is 0 Å². The highest BCUT2D eigenvalue weighted by atomic mass is 16.1. The predicted octanol–water partition coefficient (Wildman–Crippen LogP) is -0.939. The summed E-state index contributed by atoms with van der Waals surface area (Å²) >= 11 is 0. The van der Waals surface area contributed by atoms with Gasteiger partial charge in [0.15, 0.2) is 0 Å². The van der Waals surface area contributed by atoms with Crippen LogP contribution in [0.2, 0.25) is 0 Å². The Bertz CT molecular complexity index is 87.8. The smallest absolute Gasteiger partial charge is 0.207 e. The van der Waals surface area contributed by atoms with Crippen molar-refractivity contribution in [3.05, 3.63) is 0 Å². The predicted molar refractivity (Wildman–Crippen MR) is 45.2 cm³/mol. The number of nitrogens with one attached hydrogen (secondary N) is 2. The summed E-state index contributed by atoms with van der Waals surface area (Å²) in [4.78, 5) is 9.79. The molecule has 11 heavy (non-hydrogen) atoms. The lowest BCUT2D eigenvalue weighted by Gasteiger charge is -2.01. The highest BCUT2D eigenvalue weighted by Crippen LogP contribution is 1.73. The van der Waals surface area contributed by atoms with Crippen molar-refractivity contribution in [3.8, 4) is 0 Å². The fourth-order valence-corrected chi connectivity index (χ4v) is 0.726. The van der Waals surface area contributed by atoms with E-state index >= 15 is 0 Å². The Morgan fingerprint density at radius 1 is 1.18 bits per heavy atom. The molecule has 4 nitrogen and oxygen atoms in total. The zero-order valence-electron chi connectivity index (χ0n) is 6.81. The molecule has 0 rings (SSSR count). The third-order valence-electron chi connectivity index (χ3n) is 1.32. The summed E-state index contributed by atoms with van der Waals surface area (Å²) in [6.45, 7) is 3.40. The van der Waals surface area contributed by atoms with Gasteiger partial charge in [0, 0.05) is 6.54 Å². The molecule has 4 heteroatoms. The van der Waals surface area contributed by atoms with E-state index in [9.17, 15) is 4.79 Å². The van der Waals surface area contributed by atoms with Crippen molar-refractivity contribution in [3.63, 3.8) is 0 Å². The van der Waals surface area contributed by atoms with Crippen molar-refractivity contribution in [2.24, 2.45) is 5.73 Å². The second-order valence-corrected chi connectivity index (χ2v) is 2.32. The van der Waals surface area contributed by atoms with Crippen LogP contribution in [0.15, 0.2) is 0 Å². The minimum atomic E-state index is 0.722. The summed E-state index contributed by atoms with van der Waals surface area (Å²) in [5, 5.41) is 5.80. The van der Waals surface area contributed by atoms with E-state index in [0.717, 1.165) is 45.4 Å². The van der Waals surface area contributed by atoms with Crippen LogP contribution in [-0.2, 0) is 4.79 Å². The van der Waals surface area contributed by atoms with Gasteiger partial charge < -0.3 is 16.4 Å². The number of hydrogen-bond donors (Lipinski definition) is 3. The van der Waals surface area contributed by atoms with Gasteiger partial charge in [-0.2, -0.15) is 0 Å². The lowest BCUT2D eigenvalue weighted by atomic mass is 10.4. The van der Waals surface area contributed by atoms with E-state index in [1.54, 1.807) is 0 Å². The van der Waals surface area contributed by atoms with Crippen molar-refractivity contribution < 1.29 is 4.79 Å². The van der Waals surface area contributed by atoms with Crippen LogP contribution >= 0.6 is 0 Å². The molecule has 0 unspecified atom stereocenters. The average Bonchev–Trinajstić information content (AvgIpc) is 2.03. The molecule has 0 fully saturated rings. The largest absolute Gasteiger partial charge is 0.359 e. The molecule has 0 aromatic heterocycles. The molecule has 0 aliphatic heterocycles. The second-order valence-electron chi connectivity index (χ2n) is 2.32. The van der Waals surface area contributed by atoms with E-state index in [1.165, 1.54) is 0 Å². The molecule has 0 aromatic rings. The fraction of sp³-hybridized carbons (Fsp3) is 0.857. The minimum absolute atomic E-state index is 0.722. The van der Waals surface area contributed by atoms with Gasteiger partial charge in [0.05, 0.1) is 0 Å². The SMILES string of the molecule is NCCCNCCCNC=O.